The van der Waals surface area contributed by atoms with Crippen LogP contribution in [0.3, 0.4) is 0 Å². The molecule has 0 bridgehead atoms. The molecule has 0 radical (unpaired) electrons. The van der Waals surface area contributed by atoms with Gasteiger partial charge >= 0.3 is 0 Å². The first-order valence-corrected chi connectivity index (χ1v) is 9.91. The third-order valence-corrected chi connectivity index (χ3v) is 5.57. The number of rotatable bonds is 8. The number of sulfone groups is 1. The summed E-state index contributed by atoms with van der Waals surface area (Å²) < 4.78 is 63.7. The number of oxazole rings is 1. The lowest BCUT2D eigenvalue weighted by Gasteiger charge is -2.06. The van der Waals surface area contributed by atoms with Gasteiger partial charge in [0.1, 0.15) is 11.6 Å². The first-order chi connectivity index (χ1) is 13.4. The maximum atomic E-state index is 14.1. The van der Waals surface area contributed by atoms with E-state index in [1.807, 2.05) is 0 Å². The van der Waals surface area contributed by atoms with Crippen molar-refractivity contribution >= 4 is 15.7 Å². The number of benzene rings is 2. The van der Waals surface area contributed by atoms with E-state index in [-0.39, 0.29) is 22.2 Å². The van der Waals surface area contributed by atoms with Crippen LogP contribution in [0.1, 0.15) is 6.42 Å². The topological polar surface area (TPSA) is 81.4 Å². The molecule has 0 aliphatic heterocycles. The molecule has 2 aromatic carbocycles. The number of nitrogens with zero attached hydrogens (tertiary/aromatic N) is 1. The summed E-state index contributed by atoms with van der Waals surface area (Å²) in [6.07, 6.45) is 0.586. The highest BCUT2D eigenvalue weighted by Gasteiger charge is 2.29. The number of methoxy groups -OCH3 is 1. The molecule has 0 aliphatic carbocycles. The normalized spacial score (nSPS) is 11.5. The lowest BCUT2D eigenvalue weighted by Crippen LogP contribution is -2.09. The number of ether oxygens (including phenoxy) is 1. The Hall–Kier alpha value is -2.78. The molecule has 9 heteroatoms. The van der Waals surface area contributed by atoms with Crippen molar-refractivity contribution in [1.82, 2.24) is 4.98 Å². The monoisotopic (exact) mass is 408 g/mol. The Labute approximate surface area is 161 Å². The summed E-state index contributed by atoms with van der Waals surface area (Å²) in [5, 5.41) is 2.47. The van der Waals surface area contributed by atoms with Crippen LogP contribution in [0.5, 0.6) is 0 Å². The molecule has 0 amide bonds. The highest BCUT2D eigenvalue weighted by molar-refractivity contribution is 7.91. The van der Waals surface area contributed by atoms with Crippen LogP contribution in [0.2, 0.25) is 0 Å². The van der Waals surface area contributed by atoms with Crippen LogP contribution in [0.25, 0.3) is 11.5 Å². The van der Waals surface area contributed by atoms with Crippen LogP contribution in [0.15, 0.2) is 62.9 Å². The Morgan fingerprint density at radius 2 is 1.82 bits per heavy atom. The van der Waals surface area contributed by atoms with Gasteiger partial charge in [0.05, 0.1) is 10.5 Å². The fourth-order valence-corrected chi connectivity index (χ4v) is 3.77. The molecule has 1 aromatic heterocycles. The Bertz CT molecular complexity index is 1050. The summed E-state index contributed by atoms with van der Waals surface area (Å²) in [7, 11) is -2.57. The van der Waals surface area contributed by atoms with E-state index < -0.39 is 26.5 Å². The predicted molar refractivity (Wildman–Crippen MR) is 98.7 cm³/mol. The third kappa shape index (κ3) is 4.20. The van der Waals surface area contributed by atoms with Gasteiger partial charge in [0, 0.05) is 20.3 Å². The molecule has 1 N–H and O–H groups in total. The first-order valence-electron chi connectivity index (χ1n) is 8.42. The van der Waals surface area contributed by atoms with E-state index in [4.69, 9.17) is 9.15 Å². The zero-order valence-corrected chi connectivity index (χ0v) is 15.8. The van der Waals surface area contributed by atoms with Crippen molar-refractivity contribution in [2.24, 2.45) is 0 Å². The Kier molecular flexibility index (Phi) is 6.05. The smallest absolute Gasteiger partial charge is 0.233 e. The number of hydrogen-bond donors (Lipinski definition) is 1. The molecule has 0 atom stereocenters. The van der Waals surface area contributed by atoms with Gasteiger partial charge in [-0.25, -0.2) is 17.2 Å². The fourth-order valence-electron chi connectivity index (χ4n) is 2.49. The van der Waals surface area contributed by atoms with Crippen LogP contribution >= 0.6 is 0 Å². The summed E-state index contributed by atoms with van der Waals surface area (Å²) in [6, 6.07) is 10.1. The molecule has 0 saturated carbocycles. The van der Waals surface area contributed by atoms with Gasteiger partial charge in [-0.2, -0.15) is 4.98 Å². The van der Waals surface area contributed by atoms with Crippen molar-refractivity contribution in [2.45, 2.75) is 16.3 Å². The van der Waals surface area contributed by atoms with Gasteiger partial charge in [-0.05, 0) is 42.8 Å². The van der Waals surface area contributed by atoms with Crippen LogP contribution in [0.4, 0.5) is 14.7 Å². The van der Waals surface area contributed by atoms with E-state index in [1.165, 1.54) is 18.2 Å². The zero-order chi connectivity index (χ0) is 20.1. The molecule has 0 aliphatic rings. The third-order valence-electron chi connectivity index (χ3n) is 3.89. The Balaban J connectivity index is 2.04. The molecule has 148 valence electrons. The van der Waals surface area contributed by atoms with E-state index in [0.29, 0.717) is 19.6 Å². The Morgan fingerprint density at radius 1 is 1.11 bits per heavy atom. The van der Waals surface area contributed by atoms with Gasteiger partial charge in [0.25, 0.3) is 0 Å². The minimum atomic E-state index is -4.12. The van der Waals surface area contributed by atoms with Crippen LogP contribution in [-0.2, 0) is 14.6 Å². The summed E-state index contributed by atoms with van der Waals surface area (Å²) in [5.74, 6) is -1.45. The summed E-state index contributed by atoms with van der Waals surface area (Å²) in [5.41, 5.74) is 0.0306. The summed E-state index contributed by atoms with van der Waals surface area (Å²) in [6.45, 7) is 0.813. The highest BCUT2D eigenvalue weighted by Crippen LogP contribution is 2.33. The molecule has 28 heavy (non-hydrogen) atoms. The molecular weight excluding hydrogens is 390 g/mol. The van der Waals surface area contributed by atoms with E-state index in [1.54, 1.807) is 13.2 Å². The number of halogens is 2. The number of nitrogens with one attached hydrogen (secondary N) is 1. The number of aromatic nitrogens is 1. The van der Waals surface area contributed by atoms with Crippen molar-refractivity contribution in [2.75, 3.05) is 25.6 Å². The maximum Gasteiger partial charge on any atom is 0.233 e. The van der Waals surface area contributed by atoms with Gasteiger partial charge in [0.15, 0.2) is 0 Å². The van der Waals surface area contributed by atoms with Crippen LogP contribution < -0.4 is 5.32 Å². The fraction of sp³-hybridized carbons (Fsp3) is 0.211. The van der Waals surface area contributed by atoms with E-state index >= 15 is 0 Å². The molecule has 1 heterocycles. The van der Waals surface area contributed by atoms with Gasteiger partial charge in [-0.3, -0.25) is 0 Å². The predicted octanol–water partition coefficient (Wildman–Crippen LogP) is 3.90. The number of anilines is 1. The highest BCUT2D eigenvalue weighted by atomic mass is 32.2. The van der Waals surface area contributed by atoms with Crippen molar-refractivity contribution in [3.8, 4) is 11.5 Å². The van der Waals surface area contributed by atoms with Crippen molar-refractivity contribution < 1.29 is 26.4 Å². The van der Waals surface area contributed by atoms with Crippen molar-refractivity contribution in [3.05, 3.63) is 60.2 Å². The van der Waals surface area contributed by atoms with Gasteiger partial charge in [-0.15, -0.1) is 0 Å². The average molecular weight is 408 g/mol. The van der Waals surface area contributed by atoms with Gasteiger partial charge < -0.3 is 14.5 Å². The zero-order valence-electron chi connectivity index (χ0n) is 15.0. The minimum Gasteiger partial charge on any atom is -0.419 e. The van der Waals surface area contributed by atoms with Crippen molar-refractivity contribution in [1.29, 1.82) is 0 Å². The van der Waals surface area contributed by atoms with Gasteiger partial charge in [0.2, 0.25) is 26.6 Å². The molecule has 0 unspecified atom stereocenters. The minimum absolute atomic E-state index is 0.0306. The second-order valence-corrected chi connectivity index (χ2v) is 7.73. The second kappa shape index (κ2) is 8.49. The molecular formula is C19H18F2N2O4S. The Morgan fingerprint density at radius 3 is 2.50 bits per heavy atom. The average Bonchev–Trinajstić information content (AvgIpc) is 3.11. The summed E-state index contributed by atoms with van der Waals surface area (Å²) >= 11 is 0. The lowest BCUT2D eigenvalue weighted by molar-refractivity contribution is 0.197. The van der Waals surface area contributed by atoms with Crippen molar-refractivity contribution in [3.63, 3.8) is 0 Å². The van der Waals surface area contributed by atoms with Crippen LogP contribution in [0, 0.1) is 11.6 Å². The quantitative estimate of drug-likeness (QED) is 0.450. The number of hydrogen-bond acceptors (Lipinski definition) is 6. The lowest BCUT2D eigenvalue weighted by atomic mass is 10.2. The molecule has 0 saturated heterocycles. The molecule has 0 spiro atoms. The molecule has 3 aromatic rings. The summed E-state index contributed by atoms with van der Waals surface area (Å²) in [4.78, 5) is 3.88. The molecule has 0 fully saturated rings. The maximum absolute atomic E-state index is 14.1. The van der Waals surface area contributed by atoms with E-state index in [0.717, 1.165) is 24.3 Å². The first kappa shape index (κ1) is 20.0. The largest absolute Gasteiger partial charge is 0.419 e. The molecule has 6 nitrogen and oxygen atoms in total. The standard InChI is InChI=1S/C19H18F2N2O4S/c1-26-12-4-11-22-18-19(28(24,25)14-9-7-13(20)8-10-14)23-17(27-18)15-5-2-3-6-16(15)21/h2-3,5-10,22H,4,11-12H2,1H3. The van der Waals surface area contributed by atoms with Gasteiger partial charge in [-0.1, -0.05) is 12.1 Å². The van der Waals surface area contributed by atoms with E-state index in [9.17, 15) is 17.2 Å². The van der Waals surface area contributed by atoms with Crippen LogP contribution in [-0.4, -0.2) is 33.7 Å². The second-order valence-electron chi connectivity index (χ2n) is 5.86. The van der Waals surface area contributed by atoms with E-state index in [2.05, 4.69) is 10.3 Å². The SMILES string of the molecule is COCCCNc1oc(-c2ccccc2F)nc1S(=O)(=O)c1ccc(F)cc1. The molecule has 3 rings (SSSR count).